The molecule has 1 N–H and O–H groups in total. The summed E-state index contributed by atoms with van der Waals surface area (Å²) in [6.07, 6.45) is 1.83. The van der Waals surface area contributed by atoms with Crippen molar-refractivity contribution in [2.45, 2.75) is 6.04 Å². The van der Waals surface area contributed by atoms with Crippen LogP contribution in [-0.4, -0.2) is 12.0 Å². The molecule has 2 aromatic heterocycles. The zero-order valence-corrected chi connectivity index (χ0v) is 12.8. The molecule has 19 heavy (non-hydrogen) atoms. The number of aromatic nitrogens is 1. The van der Waals surface area contributed by atoms with Crippen LogP contribution in [0.25, 0.3) is 10.9 Å². The summed E-state index contributed by atoms with van der Waals surface area (Å²) in [5.41, 5.74) is 2.29. The number of thiophene rings is 1. The van der Waals surface area contributed by atoms with Crippen molar-refractivity contribution in [3.63, 3.8) is 0 Å². The number of benzene rings is 1. The number of rotatable bonds is 3. The molecule has 1 atom stereocenters. The van der Waals surface area contributed by atoms with Crippen LogP contribution in [0.2, 0.25) is 0 Å². The molecule has 0 bridgehead atoms. The van der Waals surface area contributed by atoms with Gasteiger partial charge in [-0.05, 0) is 58.2 Å². The van der Waals surface area contributed by atoms with E-state index in [-0.39, 0.29) is 6.04 Å². The zero-order chi connectivity index (χ0) is 13.2. The Bertz CT molecular complexity index is 708. The van der Waals surface area contributed by atoms with Gasteiger partial charge in [0.1, 0.15) is 0 Å². The highest BCUT2D eigenvalue weighted by atomic mass is 79.9. The van der Waals surface area contributed by atoms with E-state index in [4.69, 9.17) is 0 Å². The van der Waals surface area contributed by atoms with Crippen LogP contribution >= 0.6 is 27.3 Å². The molecular weight excluding hydrogens is 320 g/mol. The van der Waals surface area contributed by atoms with Gasteiger partial charge in [0.25, 0.3) is 0 Å². The van der Waals surface area contributed by atoms with Gasteiger partial charge in [-0.1, -0.05) is 12.1 Å². The lowest BCUT2D eigenvalue weighted by molar-refractivity contribution is 0.702. The van der Waals surface area contributed by atoms with Crippen LogP contribution in [0, 0.1) is 0 Å². The third kappa shape index (κ3) is 2.43. The number of halogens is 1. The molecule has 4 heteroatoms. The monoisotopic (exact) mass is 332 g/mol. The summed E-state index contributed by atoms with van der Waals surface area (Å²) in [4.78, 5) is 5.66. The Balaban J connectivity index is 2.09. The topological polar surface area (TPSA) is 24.9 Å². The van der Waals surface area contributed by atoms with Crippen molar-refractivity contribution in [3.05, 3.63) is 62.9 Å². The maximum atomic E-state index is 4.36. The molecule has 2 nitrogen and oxygen atoms in total. The first-order chi connectivity index (χ1) is 9.29. The Morgan fingerprint density at radius 1 is 1.26 bits per heavy atom. The van der Waals surface area contributed by atoms with Crippen molar-refractivity contribution in [2.24, 2.45) is 0 Å². The van der Waals surface area contributed by atoms with Crippen LogP contribution in [-0.2, 0) is 0 Å². The largest absolute Gasteiger partial charge is 0.309 e. The lowest BCUT2D eigenvalue weighted by Crippen LogP contribution is -2.16. The summed E-state index contributed by atoms with van der Waals surface area (Å²) < 4.78 is 1.16. The number of nitrogens with zero attached hydrogens (tertiary/aromatic N) is 1. The minimum Gasteiger partial charge on any atom is -0.309 e. The Kier molecular flexibility index (Phi) is 3.64. The molecular formula is C15H13BrN2S. The fourth-order valence-electron chi connectivity index (χ4n) is 2.23. The van der Waals surface area contributed by atoms with Crippen molar-refractivity contribution in [2.75, 3.05) is 7.05 Å². The van der Waals surface area contributed by atoms with Gasteiger partial charge in [-0.15, -0.1) is 11.3 Å². The standard InChI is InChI=1S/C15H13BrN2S/c1-17-14(15-12(16)6-8-19-15)11-4-5-13-10(9-11)3-2-7-18-13/h2-9,14,17H,1H3. The first kappa shape index (κ1) is 12.8. The average Bonchev–Trinajstić information content (AvgIpc) is 2.86. The Morgan fingerprint density at radius 2 is 2.16 bits per heavy atom. The van der Waals surface area contributed by atoms with Gasteiger partial charge in [0, 0.05) is 20.9 Å². The molecule has 0 saturated heterocycles. The van der Waals surface area contributed by atoms with E-state index in [0.717, 1.165) is 9.99 Å². The number of nitrogens with one attached hydrogen (secondary N) is 1. The minimum atomic E-state index is 0.207. The van der Waals surface area contributed by atoms with E-state index in [2.05, 4.69) is 61.9 Å². The summed E-state index contributed by atoms with van der Waals surface area (Å²) in [6, 6.07) is 12.8. The van der Waals surface area contributed by atoms with E-state index in [1.165, 1.54) is 15.8 Å². The molecule has 1 unspecified atom stereocenters. The van der Waals surface area contributed by atoms with Gasteiger partial charge in [-0.3, -0.25) is 4.98 Å². The summed E-state index contributed by atoms with van der Waals surface area (Å²) in [5, 5.41) is 6.66. The molecule has 3 aromatic rings. The molecule has 96 valence electrons. The molecule has 0 radical (unpaired) electrons. The number of hydrogen-bond donors (Lipinski definition) is 1. The predicted molar refractivity (Wildman–Crippen MR) is 84.7 cm³/mol. The average molecular weight is 333 g/mol. The highest BCUT2D eigenvalue weighted by molar-refractivity contribution is 9.10. The summed E-state index contributed by atoms with van der Waals surface area (Å²) in [5.74, 6) is 0. The first-order valence-corrected chi connectivity index (χ1v) is 7.71. The van der Waals surface area contributed by atoms with Gasteiger partial charge in [0.15, 0.2) is 0 Å². The van der Waals surface area contributed by atoms with E-state index in [1.54, 1.807) is 11.3 Å². The zero-order valence-electron chi connectivity index (χ0n) is 10.4. The van der Waals surface area contributed by atoms with Crippen molar-refractivity contribution >= 4 is 38.2 Å². The molecule has 2 heterocycles. The first-order valence-electron chi connectivity index (χ1n) is 6.04. The van der Waals surface area contributed by atoms with Crippen LogP contribution in [0.4, 0.5) is 0 Å². The molecule has 0 spiro atoms. The van der Waals surface area contributed by atoms with Crippen molar-refractivity contribution < 1.29 is 0 Å². The molecule has 0 aliphatic heterocycles. The van der Waals surface area contributed by atoms with Crippen molar-refractivity contribution in [1.29, 1.82) is 0 Å². The lowest BCUT2D eigenvalue weighted by atomic mass is 10.0. The van der Waals surface area contributed by atoms with Gasteiger partial charge < -0.3 is 5.32 Å². The Morgan fingerprint density at radius 3 is 2.89 bits per heavy atom. The van der Waals surface area contributed by atoms with E-state index in [9.17, 15) is 0 Å². The molecule has 0 aliphatic rings. The smallest absolute Gasteiger partial charge is 0.0702 e. The van der Waals surface area contributed by atoms with Gasteiger partial charge in [0.05, 0.1) is 11.6 Å². The quantitative estimate of drug-likeness (QED) is 0.770. The second-order valence-corrected chi connectivity index (χ2v) is 6.11. The Hall–Kier alpha value is -1.23. The van der Waals surface area contributed by atoms with E-state index in [1.807, 2.05) is 19.3 Å². The summed E-state index contributed by atoms with van der Waals surface area (Å²) in [6.45, 7) is 0. The van der Waals surface area contributed by atoms with Crippen LogP contribution in [0.3, 0.4) is 0 Å². The maximum absolute atomic E-state index is 4.36. The highest BCUT2D eigenvalue weighted by Gasteiger charge is 2.16. The fraction of sp³-hybridized carbons (Fsp3) is 0.133. The van der Waals surface area contributed by atoms with Gasteiger partial charge in [-0.2, -0.15) is 0 Å². The molecule has 0 saturated carbocycles. The predicted octanol–water partition coefficient (Wildman–Crippen LogP) is 4.37. The highest BCUT2D eigenvalue weighted by Crippen LogP contribution is 2.33. The van der Waals surface area contributed by atoms with Crippen LogP contribution < -0.4 is 5.32 Å². The van der Waals surface area contributed by atoms with E-state index in [0.29, 0.717) is 0 Å². The molecule has 0 aliphatic carbocycles. The van der Waals surface area contributed by atoms with Gasteiger partial charge in [0.2, 0.25) is 0 Å². The minimum absolute atomic E-state index is 0.207. The van der Waals surface area contributed by atoms with Crippen LogP contribution in [0.5, 0.6) is 0 Å². The van der Waals surface area contributed by atoms with E-state index >= 15 is 0 Å². The van der Waals surface area contributed by atoms with Crippen LogP contribution in [0.15, 0.2) is 52.4 Å². The summed E-state index contributed by atoms with van der Waals surface area (Å²) in [7, 11) is 1.99. The van der Waals surface area contributed by atoms with Gasteiger partial charge in [-0.25, -0.2) is 0 Å². The van der Waals surface area contributed by atoms with Crippen LogP contribution in [0.1, 0.15) is 16.5 Å². The SMILES string of the molecule is CNC(c1ccc2ncccc2c1)c1sccc1Br. The maximum Gasteiger partial charge on any atom is 0.0702 e. The normalized spacial score (nSPS) is 12.7. The number of hydrogen-bond acceptors (Lipinski definition) is 3. The molecule has 0 fully saturated rings. The lowest BCUT2D eigenvalue weighted by Gasteiger charge is -2.16. The van der Waals surface area contributed by atoms with Gasteiger partial charge >= 0.3 is 0 Å². The van der Waals surface area contributed by atoms with Crippen molar-refractivity contribution in [3.8, 4) is 0 Å². The Labute approximate surface area is 124 Å². The molecule has 1 aromatic carbocycles. The molecule has 3 rings (SSSR count). The third-order valence-electron chi connectivity index (χ3n) is 3.16. The third-order valence-corrected chi connectivity index (χ3v) is 5.09. The second kappa shape index (κ2) is 5.41. The van der Waals surface area contributed by atoms with Crippen molar-refractivity contribution in [1.82, 2.24) is 10.3 Å². The fourth-order valence-corrected chi connectivity index (χ4v) is 3.97. The summed E-state index contributed by atoms with van der Waals surface area (Å²) >= 11 is 5.37. The number of fused-ring (bicyclic) bond motifs is 1. The van der Waals surface area contributed by atoms with E-state index < -0.39 is 0 Å². The second-order valence-electron chi connectivity index (χ2n) is 4.31. The molecule has 0 amide bonds. The number of pyridine rings is 1.